The average Bonchev–Trinajstić information content (AvgIpc) is 3.42. The number of hydrogen-bond donors (Lipinski definition) is 2. The van der Waals surface area contributed by atoms with Crippen LogP contribution in [0.3, 0.4) is 0 Å². The Balaban J connectivity index is 1.63. The monoisotopic (exact) mass is 469 g/mol. The summed E-state index contributed by atoms with van der Waals surface area (Å²) in [5, 5.41) is 10.1. The molecule has 10 heteroatoms. The van der Waals surface area contributed by atoms with E-state index in [1.807, 2.05) is 31.4 Å². The summed E-state index contributed by atoms with van der Waals surface area (Å²) in [6.07, 6.45) is 2.78. The summed E-state index contributed by atoms with van der Waals surface area (Å²) in [6, 6.07) is 12.4. The minimum Gasteiger partial charge on any atom is -0.345 e. The first kappa shape index (κ1) is 22.0. The van der Waals surface area contributed by atoms with E-state index in [2.05, 4.69) is 15.1 Å². The molecule has 0 aliphatic heterocycles. The van der Waals surface area contributed by atoms with Crippen LogP contribution in [0.2, 0.25) is 0 Å². The second-order valence-electron chi connectivity index (χ2n) is 7.42. The highest BCUT2D eigenvalue weighted by Crippen LogP contribution is 2.28. The van der Waals surface area contributed by atoms with Crippen molar-refractivity contribution in [2.45, 2.75) is 26.4 Å². The van der Waals surface area contributed by atoms with Crippen LogP contribution in [0.5, 0.6) is 0 Å². The van der Waals surface area contributed by atoms with E-state index in [1.165, 1.54) is 0 Å². The zero-order valence-electron chi connectivity index (χ0n) is 17.9. The van der Waals surface area contributed by atoms with Gasteiger partial charge in [0.05, 0.1) is 40.0 Å². The van der Waals surface area contributed by atoms with E-state index in [9.17, 15) is 13.2 Å². The van der Waals surface area contributed by atoms with Crippen LogP contribution in [0.15, 0.2) is 54.0 Å². The summed E-state index contributed by atoms with van der Waals surface area (Å²) < 4.78 is 27.0. The maximum atomic E-state index is 13.3. The molecule has 166 valence electrons. The van der Waals surface area contributed by atoms with Gasteiger partial charge in [0.1, 0.15) is 0 Å². The van der Waals surface area contributed by atoms with Crippen molar-refractivity contribution >= 4 is 44.0 Å². The minimum atomic E-state index is -3.34. The third kappa shape index (κ3) is 4.66. The first-order valence-electron chi connectivity index (χ1n) is 10.0. The number of rotatable bonds is 7. The lowest BCUT2D eigenvalue weighted by Gasteiger charge is -2.16. The molecule has 0 aliphatic carbocycles. The first-order valence-corrected chi connectivity index (χ1v) is 12.8. The number of sulfonamides is 1. The minimum absolute atomic E-state index is 0.225. The van der Waals surface area contributed by atoms with Crippen molar-refractivity contribution in [1.82, 2.24) is 20.1 Å². The molecule has 4 rings (SSSR count). The molecule has 0 aliphatic rings. The van der Waals surface area contributed by atoms with E-state index in [0.717, 1.165) is 22.4 Å². The van der Waals surface area contributed by atoms with E-state index in [1.54, 1.807) is 52.5 Å². The Morgan fingerprint density at radius 2 is 1.97 bits per heavy atom. The Labute approximate surface area is 190 Å². The molecule has 1 atom stereocenters. The largest absolute Gasteiger partial charge is 0.345 e. The van der Waals surface area contributed by atoms with Crippen molar-refractivity contribution in [1.29, 1.82) is 0 Å². The smallest absolute Gasteiger partial charge is 0.252 e. The standard InChI is InChI=1S/C22H23N5O3S2/c1-4-27-21-18(13-23-27)17(12-19(25-21)20-6-5-11-31-20)22(28)24-14(2)15-7-9-16(10-8-15)26-32(3,29)30/h5-14,26H,4H2,1-3H3,(H,24,28)/t14-/m0/s1. The van der Waals surface area contributed by atoms with Gasteiger partial charge in [0.15, 0.2) is 5.65 Å². The molecule has 0 saturated carbocycles. The van der Waals surface area contributed by atoms with Gasteiger partial charge in [-0.05, 0) is 49.1 Å². The number of carbonyl (C=O) groups is 1. The predicted molar refractivity (Wildman–Crippen MR) is 127 cm³/mol. The Hall–Kier alpha value is -3.24. The van der Waals surface area contributed by atoms with Crippen molar-refractivity contribution in [2.24, 2.45) is 0 Å². The highest BCUT2D eigenvalue weighted by Gasteiger charge is 2.19. The van der Waals surface area contributed by atoms with Gasteiger partial charge < -0.3 is 5.32 Å². The Kier molecular flexibility index (Phi) is 5.98. The molecule has 0 saturated heterocycles. The predicted octanol–water partition coefficient (Wildman–Crippen LogP) is 4.04. The summed E-state index contributed by atoms with van der Waals surface area (Å²) in [6.45, 7) is 4.51. The van der Waals surface area contributed by atoms with Gasteiger partial charge in [-0.3, -0.25) is 9.52 Å². The SMILES string of the molecule is CCn1ncc2c(C(=O)N[C@@H](C)c3ccc(NS(C)(=O)=O)cc3)cc(-c3cccs3)nc21. The van der Waals surface area contributed by atoms with Gasteiger partial charge in [-0.25, -0.2) is 18.1 Å². The van der Waals surface area contributed by atoms with Crippen LogP contribution >= 0.6 is 11.3 Å². The normalized spacial score (nSPS) is 12.6. The third-order valence-electron chi connectivity index (χ3n) is 4.99. The summed E-state index contributed by atoms with van der Waals surface area (Å²) in [7, 11) is -3.34. The van der Waals surface area contributed by atoms with Gasteiger partial charge in [0.2, 0.25) is 10.0 Å². The van der Waals surface area contributed by atoms with Crippen molar-refractivity contribution < 1.29 is 13.2 Å². The number of nitrogens with zero attached hydrogens (tertiary/aromatic N) is 3. The second-order valence-corrected chi connectivity index (χ2v) is 10.1. The number of thiophene rings is 1. The molecule has 1 aromatic carbocycles. The fourth-order valence-electron chi connectivity index (χ4n) is 3.43. The van der Waals surface area contributed by atoms with Gasteiger partial charge in [0, 0.05) is 12.2 Å². The molecule has 0 unspecified atom stereocenters. The molecular formula is C22H23N5O3S2. The second kappa shape index (κ2) is 8.71. The molecule has 0 spiro atoms. The van der Waals surface area contributed by atoms with E-state index < -0.39 is 10.0 Å². The Bertz CT molecular complexity index is 1360. The van der Waals surface area contributed by atoms with Gasteiger partial charge >= 0.3 is 0 Å². The number of amides is 1. The van der Waals surface area contributed by atoms with Crippen molar-refractivity contribution in [2.75, 3.05) is 11.0 Å². The Morgan fingerprint density at radius 1 is 1.22 bits per heavy atom. The van der Waals surface area contributed by atoms with Crippen LogP contribution in [0.4, 0.5) is 5.69 Å². The van der Waals surface area contributed by atoms with Gasteiger partial charge in [-0.1, -0.05) is 18.2 Å². The molecule has 2 N–H and O–H groups in total. The molecule has 3 heterocycles. The molecular weight excluding hydrogens is 446 g/mol. The molecule has 0 bridgehead atoms. The maximum absolute atomic E-state index is 13.3. The number of nitrogens with one attached hydrogen (secondary N) is 2. The van der Waals surface area contributed by atoms with E-state index in [4.69, 9.17) is 4.98 Å². The van der Waals surface area contributed by atoms with Crippen LogP contribution in [0, 0.1) is 0 Å². The number of carbonyl (C=O) groups excluding carboxylic acids is 1. The topological polar surface area (TPSA) is 106 Å². The fourth-order valence-corrected chi connectivity index (χ4v) is 4.68. The van der Waals surface area contributed by atoms with E-state index in [-0.39, 0.29) is 11.9 Å². The average molecular weight is 470 g/mol. The number of benzene rings is 1. The highest BCUT2D eigenvalue weighted by molar-refractivity contribution is 7.92. The quantitative estimate of drug-likeness (QED) is 0.425. The number of anilines is 1. The number of aromatic nitrogens is 3. The molecule has 3 aromatic heterocycles. The fraction of sp³-hybridized carbons (Fsp3) is 0.227. The molecule has 1 amide bonds. The first-order chi connectivity index (χ1) is 15.2. The van der Waals surface area contributed by atoms with Gasteiger partial charge in [-0.2, -0.15) is 5.10 Å². The highest BCUT2D eigenvalue weighted by atomic mass is 32.2. The maximum Gasteiger partial charge on any atom is 0.252 e. The Morgan fingerprint density at radius 3 is 2.59 bits per heavy atom. The van der Waals surface area contributed by atoms with Crippen LogP contribution in [-0.2, 0) is 16.6 Å². The summed E-state index contributed by atoms with van der Waals surface area (Å²) >= 11 is 1.56. The summed E-state index contributed by atoms with van der Waals surface area (Å²) in [5.41, 5.74) is 3.24. The van der Waals surface area contributed by atoms with Crippen molar-refractivity contribution in [3.63, 3.8) is 0 Å². The van der Waals surface area contributed by atoms with Gasteiger partial charge in [0.25, 0.3) is 5.91 Å². The van der Waals surface area contributed by atoms with Crippen molar-refractivity contribution in [3.8, 4) is 10.6 Å². The molecule has 0 fully saturated rings. The van der Waals surface area contributed by atoms with E-state index in [0.29, 0.717) is 28.8 Å². The van der Waals surface area contributed by atoms with Crippen LogP contribution in [-0.4, -0.2) is 35.3 Å². The van der Waals surface area contributed by atoms with Crippen molar-refractivity contribution in [3.05, 3.63) is 65.2 Å². The lowest BCUT2D eigenvalue weighted by molar-refractivity contribution is 0.0941. The van der Waals surface area contributed by atoms with E-state index >= 15 is 0 Å². The molecule has 8 nitrogen and oxygen atoms in total. The molecule has 0 radical (unpaired) electrons. The van der Waals surface area contributed by atoms with Crippen LogP contribution < -0.4 is 10.0 Å². The zero-order chi connectivity index (χ0) is 22.9. The molecule has 4 aromatic rings. The zero-order valence-corrected chi connectivity index (χ0v) is 19.5. The lowest BCUT2D eigenvalue weighted by Crippen LogP contribution is -2.27. The van der Waals surface area contributed by atoms with Crippen LogP contribution in [0.1, 0.15) is 35.8 Å². The van der Waals surface area contributed by atoms with Crippen LogP contribution in [0.25, 0.3) is 21.6 Å². The summed E-state index contributed by atoms with van der Waals surface area (Å²) in [5.74, 6) is -0.225. The number of aryl methyl sites for hydroxylation is 1. The number of pyridine rings is 1. The molecule has 32 heavy (non-hydrogen) atoms. The lowest BCUT2D eigenvalue weighted by atomic mass is 10.1. The summed E-state index contributed by atoms with van der Waals surface area (Å²) in [4.78, 5) is 19.0. The van der Waals surface area contributed by atoms with Gasteiger partial charge in [-0.15, -0.1) is 11.3 Å². The number of fused-ring (bicyclic) bond motifs is 1. The number of hydrogen-bond acceptors (Lipinski definition) is 6. The third-order valence-corrected chi connectivity index (χ3v) is 6.49.